The molecule has 1 atom stereocenters. The van der Waals surface area contributed by atoms with Gasteiger partial charge in [-0.2, -0.15) is 5.10 Å². The number of amides is 3. The number of imide groups is 1. The highest BCUT2D eigenvalue weighted by Crippen LogP contribution is 2.30. The van der Waals surface area contributed by atoms with Gasteiger partial charge in [0.25, 0.3) is 5.91 Å². The third-order valence-corrected chi connectivity index (χ3v) is 4.57. The van der Waals surface area contributed by atoms with Gasteiger partial charge in [0.15, 0.2) is 0 Å². The Morgan fingerprint density at radius 1 is 1.33 bits per heavy atom. The molecule has 1 aliphatic rings. The van der Waals surface area contributed by atoms with Crippen LogP contribution in [-0.4, -0.2) is 35.3 Å². The third-order valence-electron chi connectivity index (χ3n) is 3.78. The van der Waals surface area contributed by atoms with Gasteiger partial charge in [-0.3, -0.25) is 4.79 Å². The van der Waals surface area contributed by atoms with E-state index in [0.29, 0.717) is 17.0 Å². The summed E-state index contributed by atoms with van der Waals surface area (Å²) in [6.07, 6.45) is 1.40. The maximum absolute atomic E-state index is 12.7. The van der Waals surface area contributed by atoms with Gasteiger partial charge in [-0.05, 0) is 31.5 Å². The van der Waals surface area contributed by atoms with E-state index in [2.05, 4.69) is 15.4 Å². The molecule has 1 fully saturated rings. The maximum atomic E-state index is 12.7. The molecule has 0 spiro atoms. The fourth-order valence-electron chi connectivity index (χ4n) is 2.41. The average Bonchev–Trinajstić information content (AvgIpc) is 3.08. The van der Waals surface area contributed by atoms with Crippen LogP contribution in [-0.2, 0) is 10.3 Å². The first-order valence-corrected chi connectivity index (χ1v) is 8.09. The van der Waals surface area contributed by atoms with Crippen LogP contribution in [0.5, 0.6) is 5.75 Å². The zero-order valence-corrected chi connectivity index (χ0v) is 14.3. The Morgan fingerprint density at radius 2 is 2.04 bits per heavy atom. The van der Waals surface area contributed by atoms with Crippen molar-refractivity contribution in [3.63, 3.8) is 0 Å². The number of ether oxygens (including phenoxy) is 1. The zero-order valence-electron chi connectivity index (χ0n) is 13.4. The normalized spacial score (nSPS) is 20.7. The molecule has 24 heavy (non-hydrogen) atoms. The Morgan fingerprint density at radius 3 is 2.62 bits per heavy atom. The summed E-state index contributed by atoms with van der Waals surface area (Å²) in [6.45, 7) is 3.52. The molecule has 0 saturated carbocycles. The van der Waals surface area contributed by atoms with Crippen LogP contribution >= 0.6 is 11.3 Å². The molecule has 2 aromatic rings. The number of hydrogen-bond acceptors (Lipinski definition) is 6. The summed E-state index contributed by atoms with van der Waals surface area (Å²) in [5.41, 5.74) is 0.0959. The molecule has 3 amide bonds. The van der Waals surface area contributed by atoms with E-state index in [-0.39, 0.29) is 0 Å². The number of carbonyl (C=O) groups is 2. The van der Waals surface area contributed by atoms with Gasteiger partial charge >= 0.3 is 6.03 Å². The topological polar surface area (TPSA) is 83.9 Å². The Balaban J connectivity index is 1.85. The van der Waals surface area contributed by atoms with Gasteiger partial charge < -0.3 is 10.1 Å². The van der Waals surface area contributed by atoms with Crippen LogP contribution in [0.25, 0.3) is 0 Å². The number of aryl methyl sites for hydroxylation is 1. The van der Waals surface area contributed by atoms with E-state index in [1.165, 1.54) is 17.6 Å². The van der Waals surface area contributed by atoms with Gasteiger partial charge in [-0.1, -0.05) is 12.1 Å². The average molecular weight is 344 g/mol. The van der Waals surface area contributed by atoms with Gasteiger partial charge in [0.2, 0.25) is 0 Å². The number of benzene rings is 1. The van der Waals surface area contributed by atoms with Crippen LogP contribution < -0.4 is 10.1 Å². The number of aromatic nitrogens is 1. The molecule has 1 aliphatic heterocycles. The van der Waals surface area contributed by atoms with Crippen molar-refractivity contribution in [1.82, 2.24) is 15.3 Å². The number of urea groups is 1. The minimum Gasteiger partial charge on any atom is -0.497 e. The summed E-state index contributed by atoms with van der Waals surface area (Å²) >= 11 is 1.47. The molecule has 1 unspecified atom stereocenters. The van der Waals surface area contributed by atoms with E-state index in [9.17, 15) is 9.59 Å². The first kappa shape index (κ1) is 16.1. The maximum Gasteiger partial charge on any atom is 0.346 e. The Labute approximate surface area is 143 Å². The highest BCUT2D eigenvalue weighted by molar-refractivity contribution is 7.09. The van der Waals surface area contributed by atoms with Crippen LogP contribution in [0.4, 0.5) is 4.79 Å². The van der Waals surface area contributed by atoms with Crippen LogP contribution in [0.2, 0.25) is 0 Å². The molecular weight excluding hydrogens is 328 g/mol. The zero-order chi connectivity index (χ0) is 17.3. The molecular formula is C16H16N4O3S. The molecule has 0 radical (unpaired) electrons. The van der Waals surface area contributed by atoms with Gasteiger partial charge in [0, 0.05) is 5.38 Å². The molecule has 8 heteroatoms. The lowest BCUT2D eigenvalue weighted by atomic mass is 9.92. The number of rotatable bonds is 4. The van der Waals surface area contributed by atoms with Crippen LogP contribution in [0.15, 0.2) is 34.7 Å². The van der Waals surface area contributed by atoms with Crippen molar-refractivity contribution in [1.29, 1.82) is 0 Å². The van der Waals surface area contributed by atoms with Crippen molar-refractivity contribution in [2.24, 2.45) is 5.10 Å². The van der Waals surface area contributed by atoms with E-state index >= 15 is 0 Å². The summed E-state index contributed by atoms with van der Waals surface area (Å²) in [5, 5.41) is 10.2. The number of carbonyl (C=O) groups excluding carboxylic acids is 2. The Kier molecular flexibility index (Phi) is 4.06. The number of hydrazone groups is 1. The third kappa shape index (κ3) is 2.76. The second-order valence-electron chi connectivity index (χ2n) is 5.44. The summed E-state index contributed by atoms with van der Waals surface area (Å²) in [5.74, 6) is 0.230. The van der Waals surface area contributed by atoms with Gasteiger partial charge in [-0.25, -0.2) is 9.78 Å². The monoisotopic (exact) mass is 344 g/mol. The molecule has 1 saturated heterocycles. The van der Waals surface area contributed by atoms with Crippen LogP contribution in [0.1, 0.15) is 23.2 Å². The van der Waals surface area contributed by atoms with Crippen molar-refractivity contribution in [3.05, 3.63) is 45.9 Å². The number of hydrogen-bond donors (Lipinski definition) is 1. The fraction of sp³-hybridized carbons (Fsp3) is 0.250. The van der Waals surface area contributed by atoms with Crippen molar-refractivity contribution in [3.8, 4) is 5.75 Å². The molecule has 0 aliphatic carbocycles. The molecule has 1 N–H and O–H groups in total. The fourth-order valence-corrected chi connectivity index (χ4v) is 2.97. The largest absolute Gasteiger partial charge is 0.497 e. The number of nitrogens with one attached hydrogen (secondary N) is 1. The second-order valence-corrected chi connectivity index (χ2v) is 6.50. The molecule has 1 aromatic heterocycles. The highest BCUT2D eigenvalue weighted by Gasteiger charge is 2.49. The lowest BCUT2D eigenvalue weighted by molar-refractivity contribution is -0.131. The van der Waals surface area contributed by atoms with Crippen molar-refractivity contribution in [2.45, 2.75) is 19.4 Å². The van der Waals surface area contributed by atoms with Gasteiger partial charge in [0.1, 0.15) is 11.3 Å². The van der Waals surface area contributed by atoms with Crippen LogP contribution in [0, 0.1) is 6.92 Å². The number of nitrogens with zero attached hydrogens (tertiary/aromatic N) is 3. The lowest BCUT2D eigenvalue weighted by Gasteiger charge is -2.21. The first-order chi connectivity index (χ1) is 11.4. The number of thiazole rings is 1. The van der Waals surface area contributed by atoms with Crippen molar-refractivity contribution >= 4 is 29.5 Å². The predicted octanol–water partition coefficient (Wildman–Crippen LogP) is 2.26. The van der Waals surface area contributed by atoms with Crippen molar-refractivity contribution in [2.75, 3.05) is 7.11 Å². The molecule has 124 valence electrons. The lowest BCUT2D eigenvalue weighted by Crippen LogP contribution is -2.40. The minimum absolute atomic E-state index is 0.444. The van der Waals surface area contributed by atoms with E-state index in [1.54, 1.807) is 43.7 Å². The summed E-state index contributed by atoms with van der Waals surface area (Å²) < 4.78 is 5.11. The molecule has 0 bridgehead atoms. The standard InChI is InChI=1S/C16H16N4O3S/c1-10-18-12(9-24-10)8-17-20-14(21)16(2,19-15(20)22)11-4-6-13(23-3)7-5-11/h4-9H,1-3H3,(H,19,22)/b17-8+. The van der Waals surface area contributed by atoms with E-state index < -0.39 is 17.5 Å². The van der Waals surface area contributed by atoms with Crippen LogP contribution in [0.3, 0.4) is 0 Å². The second kappa shape index (κ2) is 6.04. The van der Waals surface area contributed by atoms with Gasteiger partial charge in [0.05, 0.1) is 24.0 Å². The minimum atomic E-state index is -1.17. The van der Waals surface area contributed by atoms with Gasteiger partial charge in [-0.15, -0.1) is 16.3 Å². The molecule has 7 nitrogen and oxygen atoms in total. The smallest absolute Gasteiger partial charge is 0.346 e. The highest BCUT2D eigenvalue weighted by atomic mass is 32.1. The quantitative estimate of drug-likeness (QED) is 0.681. The summed E-state index contributed by atoms with van der Waals surface area (Å²) in [4.78, 5) is 29.1. The van der Waals surface area contributed by atoms with E-state index in [0.717, 1.165) is 10.0 Å². The van der Waals surface area contributed by atoms with Crippen molar-refractivity contribution < 1.29 is 14.3 Å². The molecule has 2 heterocycles. The van der Waals surface area contributed by atoms with E-state index in [1.807, 2.05) is 6.92 Å². The Bertz CT molecular complexity index is 815. The van der Waals surface area contributed by atoms with E-state index in [4.69, 9.17) is 4.74 Å². The molecule has 1 aromatic carbocycles. The first-order valence-electron chi connectivity index (χ1n) is 7.21. The Hall–Kier alpha value is -2.74. The summed E-state index contributed by atoms with van der Waals surface area (Å²) in [6, 6.07) is 6.40. The number of methoxy groups -OCH3 is 1. The SMILES string of the molecule is COc1ccc(C2(C)NC(=O)N(/N=C/c3csc(C)n3)C2=O)cc1. The summed E-state index contributed by atoms with van der Waals surface area (Å²) in [7, 11) is 1.57. The predicted molar refractivity (Wildman–Crippen MR) is 90.2 cm³/mol. The molecule has 3 rings (SSSR count).